The largest absolute Gasteiger partial charge is 0.376 e. The normalized spacial score (nSPS) is 10.5. The van der Waals surface area contributed by atoms with Crippen molar-refractivity contribution in [2.24, 2.45) is 0 Å². The first-order valence-corrected chi connectivity index (χ1v) is 7.58. The molecule has 5 nitrogen and oxygen atoms in total. The Morgan fingerprint density at radius 3 is 2.39 bits per heavy atom. The summed E-state index contributed by atoms with van der Waals surface area (Å²) in [6.07, 6.45) is 0. The molecule has 1 amide bonds. The molecule has 0 aliphatic rings. The van der Waals surface area contributed by atoms with Crippen molar-refractivity contribution >= 4 is 34.7 Å². The molecule has 0 saturated heterocycles. The number of nitrogens with one attached hydrogen (secondary N) is 2. The Balaban J connectivity index is 2.39. The van der Waals surface area contributed by atoms with E-state index in [-0.39, 0.29) is 11.7 Å². The summed E-state index contributed by atoms with van der Waals surface area (Å²) in [6, 6.07) is 5.31. The average molecular weight is 334 g/mol. The van der Waals surface area contributed by atoms with Crippen LogP contribution < -0.4 is 10.2 Å². The quantitative estimate of drug-likeness (QED) is 0.836. The lowest BCUT2D eigenvalue weighted by Crippen LogP contribution is -2.17. The van der Waals surface area contributed by atoms with Gasteiger partial charge in [0.2, 0.25) is 0 Å². The third-order valence-corrected chi connectivity index (χ3v) is 3.94. The Kier molecular flexibility index (Phi) is 4.80. The van der Waals surface area contributed by atoms with Gasteiger partial charge in [-0.15, -0.1) is 0 Å². The number of halogens is 1. The minimum Gasteiger partial charge on any atom is -0.376 e. The van der Waals surface area contributed by atoms with E-state index in [2.05, 4.69) is 10.3 Å². The zero-order valence-corrected chi connectivity index (χ0v) is 14.6. The first-order valence-electron chi connectivity index (χ1n) is 7.20. The van der Waals surface area contributed by atoms with Crippen molar-refractivity contribution in [3.8, 4) is 0 Å². The van der Waals surface area contributed by atoms with Gasteiger partial charge in [-0.2, -0.15) is 0 Å². The molecule has 2 aromatic rings. The molecule has 0 saturated carbocycles. The van der Waals surface area contributed by atoms with Gasteiger partial charge in [-0.3, -0.25) is 9.59 Å². The Hall–Kier alpha value is -2.27. The van der Waals surface area contributed by atoms with Crippen LogP contribution in [0.2, 0.25) is 5.02 Å². The maximum Gasteiger partial charge on any atom is 0.272 e. The van der Waals surface area contributed by atoms with Crippen LogP contribution in [0.25, 0.3) is 0 Å². The van der Waals surface area contributed by atoms with E-state index >= 15 is 0 Å². The molecule has 1 heterocycles. The van der Waals surface area contributed by atoms with E-state index < -0.39 is 0 Å². The summed E-state index contributed by atoms with van der Waals surface area (Å²) < 4.78 is 0. The zero-order valence-electron chi connectivity index (χ0n) is 13.9. The number of rotatable bonds is 4. The zero-order chi connectivity index (χ0) is 17.3. The maximum absolute atomic E-state index is 12.6. The topological polar surface area (TPSA) is 65.2 Å². The summed E-state index contributed by atoms with van der Waals surface area (Å²) >= 11 is 6.03. The smallest absolute Gasteiger partial charge is 0.272 e. The van der Waals surface area contributed by atoms with Crippen LogP contribution in [0.3, 0.4) is 0 Å². The fourth-order valence-electron chi connectivity index (χ4n) is 2.69. The van der Waals surface area contributed by atoms with Crippen molar-refractivity contribution in [2.45, 2.75) is 20.8 Å². The molecule has 1 aromatic carbocycles. The van der Waals surface area contributed by atoms with Crippen LogP contribution in [0, 0.1) is 13.8 Å². The van der Waals surface area contributed by atoms with Gasteiger partial charge in [0.1, 0.15) is 5.69 Å². The van der Waals surface area contributed by atoms with Gasteiger partial charge in [-0.1, -0.05) is 11.6 Å². The minimum atomic E-state index is -0.302. The van der Waals surface area contributed by atoms with E-state index in [9.17, 15) is 9.59 Å². The molecule has 2 rings (SSSR count). The first-order chi connectivity index (χ1) is 10.7. The molecule has 1 aromatic heterocycles. The van der Waals surface area contributed by atoms with E-state index in [0.717, 1.165) is 5.69 Å². The van der Waals surface area contributed by atoms with E-state index in [1.54, 1.807) is 26.0 Å². The summed E-state index contributed by atoms with van der Waals surface area (Å²) in [5.74, 6) is -0.365. The summed E-state index contributed by atoms with van der Waals surface area (Å²) in [5, 5.41) is 3.40. The van der Waals surface area contributed by atoms with Gasteiger partial charge in [0.15, 0.2) is 5.78 Å². The lowest BCUT2D eigenvalue weighted by molar-refractivity contribution is 0.101. The fourth-order valence-corrected chi connectivity index (χ4v) is 2.86. The van der Waals surface area contributed by atoms with E-state index in [1.165, 1.54) is 6.92 Å². The predicted octanol–water partition coefficient (Wildman–Crippen LogP) is 3.81. The van der Waals surface area contributed by atoms with Crippen LogP contribution in [0.5, 0.6) is 0 Å². The summed E-state index contributed by atoms with van der Waals surface area (Å²) in [6.45, 7) is 5.04. The average Bonchev–Trinajstić information content (AvgIpc) is 2.73. The van der Waals surface area contributed by atoms with E-state index in [0.29, 0.717) is 33.2 Å². The second-order valence-corrected chi connectivity index (χ2v) is 6.13. The maximum atomic E-state index is 12.6. The molecule has 0 radical (unpaired) electrons. The number of ketones is 1. The number of aromatic amines is 1. The second kappa shape index (κ2) is 6.46. The van der Waals surface area contributed by atoms with Crippen molar-refractivity contribution in [3.05, 3.63) is 45.7 Å². The van der Waals surface area contributed by atoms with Crippen molar-refractivity contribution in [2.75, 3.05) is 24.3 Å². The predicted molar refractivity (Wildman–Crippen MR) is 94.0 cm³/mol. The first kappa shape index (κ1) is 17.1. The van der Waals surface area contributed by atoms with Crippen LogP contribution in [0.15, 0.2) is 18.2 Å². The second-order valence-electron chi connectivity index (χ2n) is 5.69. The van der Waals surface area contributed by atoms with Gasteiger partial charge in [0.25, 0.3) is 5.91 Å². The van der Waals surface area contributed by atoms with Crippen LogP contribution >= 0.6 is 11.6 Å². The highest BCUT2D eigenvalue weighted by Crippen LogP contribution is 2.29. The molecule has 0 aliphatic carbocycles. The van der Waals surface area contributed by atoms with Crippen LogP contribution in [-0.2, 0) is 0 Å². The molecule has 23 heavy (non-hydrogen) atoms. The van der Waals surface area contributed by atoms with E-state index in [4.69, 9.17) is 11.6 Å². The van der Waals surface area contributed by atoms with Crippen molar-refractivity contribution in [1.29, 1.82) is 0 Å². The molecule has 122 valence electrons. The number of carbonyl (C=O) groups excluding carboxylic acids is 2. The van der Waals surface area contributed by atoms with Crippen LogP contribution in [0.4, 0.5) is 11.4 Å². The van der Waals surface area contributed by atoms with Gasteiger partial charge in [0, 0.05) is 30.4 Å². The standard InChI is InChI=1S/C17H20ClN3O2/c1-9-15(11(3)22)10(2)19-16(9)17(23)20-13-8-12(18)6-7-14(13)21(4)5/h6-8,19H,1-5H3,(H,20,23). The van der Waals surface area contributed by atoms with Gasteiger partial charge in [-0.05, 0) is 44.5 Å². The third-order valence-electron chi connectivity index (χ3n) is 3.71. The number of anilines is 2. The van der Waals surface area contributed by atoms with Gasteiger partial charge < -0.3 is 15.2 Å². The number of amides is 1. The number of aromatic nitrogens is 1. The monoisotopic (exact) mass is 333 g/mol. The van der Waals surface area contributed by atoms with Crippen molar-refractivity contribution in [1.82, 2.24) is 4.98 Å². The Labute approximate surface area is 140 Å². The molecule has 0 aliphatic heterocycles. The van der Waals surface area contributed by atoms with Crippen LogP contribution in [0.1, 0.15) is 39.0 Å². The molecular weight excluding hydrogens is 314 g/mol. The Morgan fingerprint density at radius 2 is 1.87 bits per heavy atom. The molecule has 0 spiro atoms. The Bertz CT molecular complexity index is 778. The van der Waals surface area contributed by atoms with Crippen LogP contribution in [-0.4, -0.2) is 30.8 Å². The lowest BCUT2D eigenvalue weighted by Gasteiger charge is -2.18. The molecule has 2 N–H and O–H groups in total. The molecule has 0 bridgehead atoms. The van der Waals surface area contributed by atoms with Crippen molar-refractivity contribution < 1.29 is 9.59 Å². The van der Waals surface area contributed by atoms with E-state index in [1.807, 2.05) is 25.1 Å². The minimum absolute atomic E-state index is 0.0629. The number of carbonyl (C=O) groups is 2. The highest BCUT2D eigenvalue weighted by Gasteiger charge is 2.20. The number of benzene rings is 1. The fraction of sp³-hybridized carbons (Fsp3) is 0.294. The SMILES string of the molecule is CC(=O)c1c(C)[nH]c(C(=O)Nc2cc(Cl)ccc2N(C)C)c1C. The summed E-state index contributed by atoms with van der Waals surface area (Å²) in [4.78, 5) is 29.2. The number of Topliss-reactive ketones (excluding diaryl/α,β-unsaturated/α-hetero) is 1. The highest BCUT2D eigenvalue weighted by atomic mass is 35.5. The van der Waals surface area contributed by atoms with Gasteiger partial charge in [0.05, 0.1) is 11.4 Å². The number of aryl methyl sites for hydroxylation is 1. The number of hydrogen-bond donors (Lipinski definition) is 2. The number of H-pyrrole nitrogens is 1. The third kappa shape index (κ3) is 3.40. The molecular formula is C17H20ClN3O2. The molecule has 6 heteroatoms. The molecule has 0 fully saturated rings. The molecule has 0 unspecified atom stereocenters. The summed E-state index contributed by atoms with van der Waals surface area (Å²) in [7, 11) is 3.77. The highest BCUT2D eigenvalue weighted by molar-refractivity contribution is 6.31. The lowest BCUT2D eigenvalue weighted by atomic mass is 10.1. The summed E-state index contributed by atoms with van der Waals surface area (Å²) in [5.41, 5.74) is 3.76. The Morgan fingerprint density at radius 1 is 1.22 bits per heavy atom. The van der Waals surface area contributed by atoms with Gasteiger partial charge in [-0.25, -0.2) is 0 Å². The number of nitrogens with zero attached hydrogens (tertiary/aromatic N) is 1. The van der Waals surface area contributed by atoms with Gasteiger partial charge >= 0.3 is 0 Å². The van der Waals surface area contributed by atoms with Crippen molar-refractivity contribution in [3.63, 3.8) is 0 Å². The number of hydrogen-bond acceptors (Lipinski definition) is 3. The molecule has 0 atom stereocenters.